The normalized spacial score (nSPS) is 16.3. The standard InChI is InChI=1S/C14H15F3N2O2/c15-14(16,17)11-3-1-10(2-4-11)9-13(21)19-7-5-12(20)18-6-8-19/h1-4H,5-9H2,(H,18,20). The number of benzene rings is 1. The fraction of sp³-hybridized carbons (Fsp3) is 0.429. The molecule has 21 heavy (non-hydrogen) atoms. The minimum atomic E-state index is -4.38. The number of alkyl halides is 3. The predicted octanol–water partition coefficient (Wildman–Crippen LogP) is 1.60. The van der Waals surface area contributed by atoms with Crippen LogP contribution in [0.1, 0.15) is 17.5 Å². The van der Waals surface area contributed by atoms with E-state index in [9.17, 15) is 22.8 Å². The molecule has 0 unspecified atom stereocenters. The van der Waals surface area contributed by atoms with Gasteiger partial charge in [0.15, 0.2) is 0 Å². The molecule has 1 saturated heterocycles. The quantitative estimate of drug-likeness (QED) is 0.902. The van der Waals surface area contributed by atoms with Gasteiger partial charge in [-0.25, -0.2) is 0 Å². The number of amides is 2. The molecule has 0 aliphatic carbocycles. The molecular weight excluding hydrogens is 285 g/mol. The molecule has 1 aliphatic heterocycles. The van der Waals surface area contributed by atoms with Gasteiger partial charge in [-0.2, -0.15) is 13.2 Å². The zero-order valence-corrected chi connectivity index (χ0v) is 11.2. The summed E-state index contributed by atoms with van der Waals surface area (Å²) in [5.74, 6) is -0.286. The summed E-state index contributed by atoms with van der Waals surface area (Å²) >= 11 is 0. The minimum Gasteiger partial charge on any atom is -0.354 e. The monoisotopic (exact) mass is 300 g/mol. The van der Waals surface area contributed by atoms with Gasteiger partial charge in [0.2, 0.25) is 11.8 Å². The number of rotatable bonds is 2. The molecule has 0 bridgehead atoms. The van der Waals surface area contributed by atoms with Crippen LogP contribution in [0.3, 0.4) is 0 Å². The molecule has 4 nitrogen and oxygen atoms in total. The van der Waals surface area contributed by atoms with Crippen LogP contribution in [0.15, 0.2) is 24.3 Å². The van der Waals surface area contributed by atoms with E-state index in [1.165, 1.54) is 12.1 Å². The zero-order chi connectivity index (χ0) is 15.5. The third kappa shape index (κ3) is 4.21. The van der Waals surface area contributed by atoms with E-state index in [0.29, 0.717) is 25.2 Å². The highest BCUT2D eigenvalue weighted by Crippen LogP contribution is 2.29. The second-order valence-electron chi connectivity index (χ2n) is 4.85. The molecule has 7 heteroatoms. The molecule has 0 atom stereocenters. The van der Waals surface area contributed by atoms with Crippen LogP contribution in [-0.4, -0.2) is 36.3 Å². The summed E-state index contributed by atoms with van der Waals surface area (Å²) < 4.78 is 37.3. The van der Waals surface area contributed by atoms with Gasteiger partial charge in [0.25, 0.3) is 0 Å². The van der Waals surface area contributed by atoms with Crippen LogP contribution in [0.5, 0.6) is 0 Å². The van der Waals surface area contributed by atoms with Gasteiger partial charge < -0.3 is 10.2 Å². The number of halogens is 3. The maximum absolute atomic E-state index is 12.4. The van der Waals surface area contributed by atoms with Gasteiger partial charge in [-0.1, -0.05) is 12.1 Å². The van der Waals surface area contributed by atoms with Gasteiger partial charge in [-0.3, -0.25) is 9.59 Å². The smallest absolute Gasteiger partial charge is 0.354 e. The number of nitrogens with one attached hydrogen (secondary N) is 1. The fourth-order valence-corrected chi connectivity index (χ4v) is 2.11. The van der Waals surface area contributed by atoms with Crippen LogP contribution in [-0.2, 0) is 22.2 Å². The average molecular weight is 300 g/mol. The third-order valence-corrected chi connectivity index (χ3v) is 3.30. The lowest BCUT2D eigenvalue weighted by atomic mass is 10.1. The van der Waals surface area contributed by atoms with E-state index in [2.05, 4.69) is 5.32 Å². The summed E-state index contributed by atoms with van der Waals surface area (Å²) in [7, 11) is 0. The van der Waals surface area contributed by atoms with E-state index in [-0.39, 0.29) is 24.7 Å². The Morgan fingerprint density at radius 3 is 2.48 bits per heavy atom. The molecule has 0 radical (unpaired) electrons. The van der Waals surface area contributed by atoms with Crippen molar-refractivity contribution < 1.29 is 22.8 Å². The van der Waals surface area contributed by atoms with Crippen LogP contribution >= 0.6 is 0 Å². The number of hydrogen-bond acceptors (Lipinski definition) is 2. The number of nitrogens with zero attached hydrogens (tertiary/aromatic N) is 1. The molecule has 1 aliphatic rings. The Hall–Kier alpha value is -2.05. The third-order valence-electron chi connectivity index (χ3n) is 3.30. The molecule has 0 saturated carbocycles. The van der Waals surface area contributed by atoms with Crippen LogP contribution < -0.4 is 5.32 Å². The van der Waals surface area contributed by atoms with E-state index in [1.54, 1.807) is 4.90 Å². The molecule has 0 spiro atoms. The van der Waals surface area contributed by atoms with Crippen LogP contribution in [0.4, 0.5) is 13.2 Å². The molecular formula is C14H15F3N2O2. The second-order valence-corrected chi connectivity index (χ2v) is 4.85. The van der Waals surface area contributed by atoms with E-state index >= 15 is 0 Å². The molecule has 1 aromatic carbocycles. The first kappa shape index (κ1) is 15.3. The highest BCUT2D eigenvalue weighted by atomic mass is 19.4. The Balaban J connectivity index is 1.97. The van der Waals surface area contributed by atoms with Crippen molar-refractivity contribution in [1.29, 1.82) is 0 Å². The van der Waals surface area contributed by atoms with Crippen LogP contribution in [0.25, 0.3) is 0 Å². The maximum atomic E-state index is 12.4. The predicted molar refractivity (Wildman–Crippen MR) is 69.4 cm³/mol. The Morgan fingerprint density at radius 1 is 1.19 bits per heavy atom. The summed E-state index contributed by atoms with van der Waals surface area (Å²) in [6.07, 6.45) is -4.09. The van der Waals surface area contributed by atoms with Gasteiger partial charge in [0.1, 0.15) is 0 Å². The van der Waals surface area contributed by atoms with E-state index < -0.39 is 11.7 Å². The fourth-order valence-electron chi connectivity index (χ4n) is 2.11. The summed E-state index contributed by atoms with van der Waals surface area (Å²) in [4.78, 5) is 24.8. The number of hydrogen-bond donors (Lipinski definition) is 1. The molecule has 1 aromatic rings. The van der Waals surface area contributed by atoms with Gasteiger partial charge in [-0.05, 0) is 17.7 Å². The van der Waals surface area contributed by atoms with Gasteiger partial charge in [-0.15, -0.1) is 0 Å². The number of carbonyl (C=O) groups excluding carboxylic acids is 2. The highest BCUT2D eigenvalue weighted by Gasteiger charge is 2.30. The SMILES string of the molecule is O=C1CCN(C(=O)Cc2ccc(C(F)(F)F)cc2)CCN1. The second kappa shape index (κ2) is 6.15. The summed E-state index contributed by atoms with van der Waals surface area (Å²) in [5, 5.41) is 2.66. The van der Waals surface area contributed by atoms with E-state index in [4.69, 9.17) is 0 Å². The average Bonchev–Trinajstić information content (AvgIpc) is 2.63. The molecule has 0 aromatic heterocycles. The zero-order valence-electron chi connectivity index (χ0n) is 11.2. The molecule has 1 fully saturated rings. The Morgan fingerprint density at radius 2 is 1.86 bits per heavy atom. The lowest BCUT2D eigenvalue weighted by Gasteiger charge is -2.19. The molecule has 1 N–H and O–H groups in total. The summed E-state index contributed by atoms with van der Waals surface area (Å²) in [6, 6.07) is 4.55. The van der Waals surface area contributed by atoms with Crippen molar-refractivity contribution in [2.45, 2.75) is 19.0 Å². The Labute approximate surface area is 119 Å². The lowest BCUT2D eigenvalue weighted by molar-refractivity contribution is -0.137. The van der Waals surface area contributed by atoms with Crippen molar-refractivity contribution >= 4 is 11.8 Å². The molecule has 114 valence electrons. The van der Waals surface area contributed by atoms with Crippen LogP contribution in [0.2, 0.25) is 0 Å². The number of carbonyl (C=O) groups is 2. The molecule has 2 amide bonds. The van der Waals surface area contributed by atoms with E-state index in [0.717, 1.165) is 12.1 Å². The van der Waals surface area contributed by atoms with Gasteiger partial charge in [0, 0.05) is 26.1 Å². The van der Waals surface area contributed by atoms with Crippen molar-refractivity contribution in [3.63, 3.8) is 0 Å². The Kier molecular flexibility index (Phi) is 4.50. The van der Waals surface area contributed by atoms with Crippen molar-refractivity contribution in [2.24, 2.45) is 0 Å². The van der Waals surface area contributed by atoms with Crippen molar-refractivity contribution in [2.75, 3.05) is 19.6 Å². The topological polar surface area (TPSA) is 49.4 Å². The maximum Gasteiger partial charge on any atom is 0.416 e. The largest absolute Gasteiger partial charge is 0.416 e. The van der Waals surface area contributed by atoms with Crippen molar-refractivity contribution in [3.05, 3.63) is 35.4 Å². The Bertz CT molecular complexity index is 526. The highest BCUT2D eigenvalue weighted by molar-refractivity contribution is 5.81. The lowest BCUT2D eigenvalue weighted by Crippen LogP contribution is -2.35. The van der Waals surface area contributed by atoms with Crippen molar-refractivity contribution in [1.82, 2.24) is 10.2 Å². The first-order chi connectivity index (χ1) is 9.86. The first-order valence-corrected chi connectivity index (χ1v) is 6.57. The van der Waals surface area contributed by atoms with Gasteiger partial charge in [0.05, 0.1) is 12.0 Å². The summed E-state index contributed by atoms with van der Waals surface area (Å²) in [6.45, 7) is 1.16. The summed E-state index contributed by atoms with van der Waals surface area (Å²) in [5.41, 5.74) is -0.209. The molecule has 1 heterocycles. The first-order valence-electron chi connectivity index (χ1n) is 6.57. The van der Waals surface area contributed by atoms with Crippen molar-refractivity contribution in [3.8, 4) is 0 Å². The van der Waals surface area contributed by atoms with E-state index in [1.807, 2.05) is 0 Å². The minimum absolute atomic E-state index is 0.0341. The molecule has 2 rings (SSSR count). The van der Waals surface area contributed by atoms with Crippen LogP contribution in [0, 0.1) is 0 Å². The van der Waals surface area contributed by atoms with Gasteiger partial charge >= 0.3 is 6.18 Å².